The van der Waals surface area contributed by atoms with Crippen molar-refractivity contribution in [2.45, 2.75) is 25.7 Å². The fraction of sp³-hybridized carbons (Fsp3) is 0.308. The molecule has 4 rings (SSSR count). The number of ether oxygens (including phenoxy) is 2. The predicted molar refractivity (Wildman–Crippen MR) is 126 cm³/mol. The van der Waals surface area contributed by atoms with E-state index in [1.54, 1.807) is 14.2 Å². The monoisotopic (exact) mass is 429 g/mol. The summed E-state index contributed by atoms with van der Waals surface area (Å²) in [6.45, 7) is 1.95. The third kappa shape index (κ3) is 4.62. The van der Waals surface area contributed by atoms with Gasteiger partial charge >= 0.3 is 0 Å². The second-order valence-corrected chi connectivity index (χ2v) is 7.75. The molecule has 0 radical (unpaired) electrons. The topological polar surface area (TPSA) is 71.0 Å². The minimum atomic E-state index is 0.327. The molecule has 0 spiro atoms. The summed E-state index contributed by atoms with van der Waals surface area (Å²) in [7, 11) is 3.26. The Labute approximate surface area is 188 Å². The Morgan fingerprint density at radius 2 is 1.44 bits per heavy atom. The molecule has 1 aliphatic rings. The summed E-state index contributed by atoms with van der Waals surface area (Å²) < 4.78 is 16.8. The van der Waals surface area contributed by atoms with Crippen LogP contribution >= 0.6 is 0 Å². The van der Waals surface area contributed by atoms with Gasteiger partial charge in [0.25, 0.3) is 0 Å². The van der Waals surface area contributed by atoms with E-state index in [4.69, 9.17) is 13.9 Å². The number of methoxy groups -OCH3 is 2. The Morgan fingerprint density at radius 3 is 1.97 bits per heavy atom. The van der Waals surface area contributed by atoms with E-state index in [-0.39, 0.29) is 0 Å². The highest BCUT2D eigenvalue weighted by Gasteiger charge is 2.23. The number of hydrogen-bond donors (Lipinski definition) is 0. The minimum absolute atomic E-state index is 0.327. The molecule has 3 aromatic rings. The Hall–Kier alpha value is -3.72. The standard InChI is InChI=1S/C26H27N3O3/c1-30-21-11-7-19(8-12-21)24-23(17-27)26(28-18-29-15-5-3-4-6-16-29)32-25(24)20-9-13-22(31-2)14-10-20/h7-14,18H,3-6,15-16H2,1-2H3/b28-18+. The maximum atomic E-state index is 10.0. The van der Waals surface area contributed by atoms with E-state index < -0.39 is 0 Å². The Morgan fingerprint density at radius 1 is 0.875 bits per heavy atom. The molecule has 1 fully saturated rings. The number of benzene rings is 2. The lowest BCUT2D eigenvalue weighted by molar-refractivity contribution is 0.414. The van der Waals surface area contributed by atoms with E-state index in [0.29, 0.717) is 17.2 Å². The van der Waals surface area contributed by atoms with Crippen LogP contribution < -0.4 is 9.47 Å². The van der Waals surface area contributed by atoms with Gasteiger partial charge in [0.2, 0.25) is 5.88 Å². The van der Waals surface area contributed by atoms with Gasteiger partial charge in [0.1, 0.15) is 28.9 Å². The molecule has 6 nitrogen and oxygen atoms in total. The summed E-state index contributed by atoms with van der Waals surface area (Å²) in [5.74, 6) is 2.44. The quantitative estimate of drug-likeness (QED) is 0.353. The van der Waals surface area contributed by atoms with Crippen LogP contribution in [0.15, 0.2) is 57.9 Å². The smallest absolute Gasteiger partial charge is 0.239 e. The Bertz CT molecular complexity index is 1100. The molecule has 1 aliphatic heterocycles. The minimum Gasteiger partial charge on any atom is -0.497 e. The average molecular weight is 430 g/mol. The second-order valence-electron chi connectivity index (χ2n) is 7.75. The van der Waals surface area contributed by atoms with Crippen molar-refractivity contribution >= 4 is 12.2 Å². The number of furan rings is 1. The number of rotatable bonds is 6. The van der Waals surface area contributed by atoms with E-state index in [1.807, 2.05) is 54.9 Å². The highest BCUT2D eigenvalue weighted by atomic mass is 16.5. The maximum absolute atomic E-state index is 10.0. The van der Waals surface area contributed by atoms with Crippen LogP contribution in [0.3, 0.4) is 0 Å². The molecule has 2 heterocycles. The fourth-order valence-corrected chi connectivity index (χ4v) is 3.94. The highest BCUT2D eigenvalue weighted by molar-refractivity contribution is 5.88. The van der Waals surface area contributed by atoms with Gasteiger partial charge in [0, 0.05) is 24.2 Å². The zero-order valence-electron chi connectivity index (χ0n) is 18.5. The van der Waals surface area contributed by atoms with Crippen LogP contribution in [0.25, 0.3) is 22.5 Å². The number of hydrogen-bond acceptors (Lipinski definition) is 5. The fourth-order valence-electron chi connectivity index (χ4n) is 3.94. The molecule has 1 saturated heterocycles. The van der Waals surface area contributed by atoms with Gasteiger partial charge in [-0.05, 0) is 54.8 Å². The van der Waals surface area contributed by atoms with Crippen molar-refractivity contribution in [2.75, 3.05) is 27.3 Å². The van der Waals surface area contributed by atoms with Crippen molar-refractivity contribution in [2.24, 2.45) is 4.99 Å². The van der Waals surface area contributed by atoms with Gasteiger partial charge in [0.15, 0.2) is 0 Å². The van der Waals surface area contributed by atoms with Crippen molar-refractivity contribution in [3.63, 3.8) is 0 Å². The first-order chi connectivity index (χ1) is 15.7. The number of likely N-dealkylation sites (tertiary alicyclic amines) is 1. The van der Waals surface area contributed by atoms with Gasteiger partial charge in [-0.3, -0.25) is 0 Å². The van der Waals surface area contributed by atoms with Crippen LogP contribution in [0.1, 0.15) is 31.2 Å². The molecule has 0 N–H and O–H groups in total. The summed E-state index contributed by atoms with van der Waals surface area (Å²) in [5, 5.41) is 10.0. The first kappa shape index (κ1) is 21.5. The van der Waals surface area contributed by atoms with Gasteiger partial charge < -0.3 is 18.8 Å². The van der Waals surface area contributed by atoms with Crippen molar-refractivity contribution in [3.8, 4) is 40.0 Å². The van der Waals surface area contributed by atoms with Crippen LogP contribution in [0.4, 0.5) is 5.88 Å². The summed E-state index contributed by atoms with van der Waals surface area (Å²) in [6, 6.07) is 17.5. The Balaban J connectivity index is 1.79. The molecule has 1 aromatic heterocycles. The van der Waals surface area contributed by atoms with E-state index in [2.05, 4.69) is 16.0 Å². The molecule has 0 aliphatic carbocycles. The van der Waals surface area contributed by atoms with Gasteiger partial charge in [-0.2, -0.15) is 5.26 Å². The van der Waals surface area contributed by atoms with Crippen molar-refractivity contribution in [1.82, 2.24) is 4.90 Å². The van der Waals surface area contributed by atoms with Crippen LogP contribution in [-0.4, -0.2) is 38.5 Å². The van der Waals surface area contributed by atoms with E-state index in [1.165, 1.54) is 12.8 Å². The lowest BCUT2D eigenvalue weighted by Crippen LogP contribution is -2.22. The molecule has 2 aromatic carbocycles. The molecule has 32 heavy (non-hydrogen) atoms. The molecule has 6 heteroatoms. The Kier molecular flexibility index (Phi) is 6.76. The lowest BCUT2D eigenvalue weighted by atomic mass is 9.98. The zero-order chi connectivity index (χ0) is 22.3. The average Bonchev–Trinajstić information content (AvgIpc) is 3.01. The molecule has 0 amide bonds. The third-order valence-electron chi connectivity index (χ3n) is 5.71. The maximum Gasteiger partial charge on any atom is 0.239 e. The van der Waals surface area contributed by atoms with Gasteiger partial charge in [-0.1, -0.05) is 25.0 Å². The van der Waals surface area contributed by atoms with E-state index >= 15 is 0 Å². The van der Waals surface area contributed by atoms with Crippen molar-refractivity contribution in [1.29, 1.82) is 5.26 Å². The molecular formula is C26H27N3O3. The molecule has 0 saturated carbocycles. The largest absolute Gasteiger partial charge is 0.497 e. The van der Waals surface area contributed by atoms with E-state index in [9.17, 15) is 5.26 Å². The molecule has 0 bridgehead atoms. The van der Waals surface area contributed by atoms with Gasteiger partial charge in [-0.15, -0.1) is 0 Å². The molecular weight excluding hydrogens is 402 g/mol. The van der Waals surface area contributed by atoms with Gasteiger partial charge in [0.05, 0.1) is 20.6 Å². The zero-order valence-corrected chi connectivity index (χ0v) is 18.5. The predicted octanol–water partition coefficient (Wildman–Crippen LogP) is 6.04. The lowest BCUT2D eigenvalue weighted by Gasteiger charge is -2.15. The summed E-state index contributed by atoms with van der Waals surface area (Å²) >= 11 is 0. The van der Waals surface area contributed by atoms with Crippen LogP contribution in [0.5, 0.6) is 11.5 Å². The van der Waals surface area contributed by atoms with Crippen LogP contribution in [0, 0.1) is 11.3 Å². The third-order valence-corrected chi connectivity index (χ3v) is 5.71. The number of aliphatic imine (C=N–C) groups is 1. The first-order valence-electron chi connectivity index (χ1n) is 10.9. The van der Waals surface area contributed by atoms with Crippen LogP contribution in [0.2, 0.25) is 0 Å². The SMILES string of the molecule is COc1ccc(-c2oc(/N=C/N3CCCCCC3)c(C#N)c2-c2ccc(OC)cc2)cc1. The summed E-state index contributed by atoms with van der Waals surface area (Å²) in [5.41, 5.74) is 2.87. The number of nitriles is 1. The highest BCUT2D eigenvalue weighted by Crippen LogP contribution is 2.43. The molecule has 164 valence electrons. The summed E-state index contributed by atoms with van der Waals surface area (Å²) in [4.78, 5) is 6.81. The van der Waals surface area contributed by atoms with E-state index in [0.717, 1.165) is 54.1 Å². The normalized spacial score (nSPS) is 14.2. The number of nitrogens with zero attached hydrogens (tertiary/aromatic N) is 3. The molecule has 0 unspecified atom stereocenters. The first-order valence-corrected chi connectivity index (χ1v) is 10.9. The van der Waals surface area contributed by atoms with Crippen molar-refractivity contribution in [3.05, 3.63) is 54.1 Å². The van der Waals surface area contributed by atoms with Gasteiger partial charge in [-0.25, -0.2) is 4.99 Å². The van der Waals surface area contributed by atoms with Crippen molar-refractivity contribution < 1.29 is 13.9 Å². The van der Waals surface area contributed by atoms with Crippen LogP contribution in [-0.2, 0) is 0 Å². The second kappa shape index (κ2) is 10.1. The summed E-state index contributed by atoms with van der Waals surface area (Å²) in [6.07, 6.45) is 6.63. The molecule has 0 atom stereocenters.